The molecule has 0 atom stereocenters. The Labute approximate surface area is 148 Å². The largest absolute Gasteiger partial charge is 0.356 e. The Morgan fingerprint density at radius 2 is 1.84 bits per heavy atom. The molecule has 4 fully saturated rings. The van der Waals surface area contributed by atoms with Gasteiger partial charge in [-0.2, -0.15) is 0 Å². The van der Waals surface area contributed by atoms with Crippen molar-refractivity contribution in [3.8, 4) is 11.3 Å². The highest BCUT2D eigenvalue weighted by Crippen LogP contribution is 2.55. The first kappa shape index (κ1) is 15.6. The first-order chi connectivity index (χ1) is 12.1. The van der Waals surface area contributed by atoms with E-state index in [9.17, 15) is 4.39 Å². The summed E-state index contributed by atoms with van der Waals surface area (Å²) in [4.78, 5) is 0. The number of nitrogens with one attached hydrogen (secondary N) is 1. The first-order valence-electron chi connectivity index (χ1n) is 9.56. The van der Waals surface area contributed by atoms with Crippen LogP contribution in [0.4, 0.5) is 4.39 Å². The standard InChI is InChI=1S/C21H25FN2O/c1-13-3-2-4-18(22)20(13)19-8-17(24-25-19)12-23-21-9-14-5-15(10-21)7-16(6-14)11-21/h2-4,8,14-16,23H,5-7,9-12H2,1H3. The Morgan fingerprint density at radius 1 is 1.16 bits per heavy atom. The van der Waals surface area contributed by atoms with Crippen LogP contribution in [-0.4, -0.2) is 10.7 Å². The Hall–Kier alpha value is -1.68. The number of nitrogens with zero attached hydrogens (tertiary/aromatic N) is 1. The Balaban J connectivity index is 1.32. The van der Waals surface area contributed by atoms with Crippen molar-refractivity contribution in [3.05, 3.63) is 41.3 Å². The van der Waals surface area contributed by atoms with Gasteiger partial charge in [-0.05, 0) is 74.8 Å². The van der Waals surface area contributed by atoms with E-state index < -0.39 is 0 Å². The second kappa shape index (κ2) is 5.66. The molecular weight excluding hydrogens is 315 g/mol. The summed E-state index contributed by atoms with van der Waals surface area (Å²) >= 11 is 0. The van der Waals surface area contributed by atoms with Crippen LogP contribution in [0, 0.1) is 30.5 Å². The molecule has 1 heterocycles. The SMILES string of the molecule is Cc1cccc(F)c1-c1cc(CNC23CC4CC(CC(C4)C2)C3)no1. The van der Waals surface area contributed by atoms with Crippen LogP contribution in [0.2, 0.25) is 0 Å². The van der Waals surface area contributed by atoms with E-state index in [4.69, 9.17) is 4.52 Å². The molecule has 6 rings (SSSR count). The molecule has 1 aromatic heterocycles. The summed E-state index contributed by atoms with van der Waals surface area (Å²) in [5.41, 5.74) is 2.57. The average Bonchev–Trinajstić information content (AvgIpc) is 3.00. The molecule has 25 heavy (non-hydrogen) atoms. The fourth-order valence-electron chi connectivity index (χ4n) is 6.06. The van der Waals surface area contributed by atoms with Crippen LogP contribution >= 0.6 is 0 Å². The van der Waals surface area contributed by atoms with Crippen molar-refractivity contribution < 1.29 is 8.91 Å². The maximum absolute atomic E-state index is 14.1. The molecule has 0 radical (unpaired) electrons. The zero-order chi connectivity index (χ0) is 17.0. The van der Waals surface area contributed by atoms with Crippen molar-refractivity contribution in [2.24, 2.45) is 17.8 Å². The summed E-state index contributed by atoms with van der Waals surface area (Å²) in [6, 6.07) is 6.98. The number of rotatable bonds is 4. The Kier molecular flexibility index (Phi) is 3.53. The van der Waals surface area contributed by atoms with Crippen LogP contribution in [0.25, 0.3) is 11.3 Å². The quantitative estimate of drug-likeness (QED) is 0.865. The second-order valence-electron chi connectivity index (χ2n) is 8.67. The lowest BCUT2D eigenvalue weighted by atomic mass is 9.53. The first-order valence-corrected chi connectivity index (χ1v) is 9.56. The van der Waals surface area contributed by atoms with E-state index in [-0.39, 0.29) is 5.82 Å². The van der Waals surface area contributed by atoms with Gasteiger partial charge in [0, 0.05) is 18.2 Å². The van der Waals surface area contributed by atoms with E-state index in [2.05, 4.69) is 10.5 Å². The van der Waals surface area contributed by atoms with E-state index in [1.54, 1.807) is 6.07 Å². The van der Waals surface area contributed by atoms with Gasteiger partial charge in [0.1, 0.15) is 5.82 Å². The molecule has 0 saturated heterocycles. The van der Waals surface area contributed by atoms with E-state index in [1.807, 2.05) is 19.1 Å². The van der Waals surface area contributed by atoms with Crippen molar-refractivity contribution in [3.63, 3.8) is 0 Å². The van der Waals surface area contributed by atoms with Crippen LogP contribution < -0.4 is 5.32 Å². The lowest BCUT2D eigenvalue weighted by Gasteiger charge is -2.57. The van der Waals surface area contributed by atoms with E-state index in [0.717, 1.165) is 29.0 Å². The van der Waals surface area contributed by atoms with Crippen LogP contribution in [0.5, 0.6) is 0 Å². The average molecular weight is 340 g/mol. The van der Waals surface area contributed by atoms with Crippen molar-refractivity contribution in [2.45, 2.75) is 57.5 Å². The van der Waals surface area contributed by atoms with Gasteiger partial charge in [-0.25, -0.2) is 4.39 Å². The summed E-state index contributed by atoms with van der Waals surface area (Å²) in [7, 11) is 0. The lowest BCUT2D eigenvalue weighted by Crippen LogP contribution is -2.58. The molecule has 4 bridgehead atoms. The number of aromatic nitrogens is 1. The summed E-state index contributed by atoms with van der Waals surface area (Å²) in [5.74, 6) is 3.04. The van der Waals surface area contributed by atoms with Crippen LogP contribution in [0.1, 0.15) is 49.8 Å². The van der Waals surface area contributed by atoms with Gasteiger partial charge in [0.25, 0.3) is 0 Å². The van der Waals surface area contributed by atoms with E-state index in [1.165, 1.54) is 44.6 Å². The third-order valence-corrected chi connectivity index (χ3v) is 6.71. The van der Waals surface area contributed by atoms with Gasteiger partial charge in [-0.3, -0.25) is 0 Å². The summed E-state index contributed by atoms with van der Waals surface area (Å²) in [6.45, 7) is 2.61. The third kappa shape index (κ3) is 2.71. The molecule has 3 nitrogen and oxygen atoms in total. The molecular formula is C21H25FN2O. The highest BCUT2D eigenvalue weighted by atomic mass is 19.1. The smallest absolute Gasteiger partial charge is 0.170 e. The minimum absolute atomic E-state index is 0.253. The van der Waals surface area contributed by atoms with Crippen LogP contribution in [0.15, 0.2) is 28.8 Å². The Bertz CT molecular complexity index is 741. The van der Waals surface area contributed by atoms with Crippen LogP contribution in [-0.2, 0) is 6.54 Å². The molecule has 1 aromatic carbocycles. The minimum Gasteiger partial charge on any atom is -0.356 e. The summed E-state index contributed by atoms with van der Waals surface area (Å²) in [5, 5.41) is 8.01. The molecule has 4 aliphatic carbocycles. The van der Waals surface area contributed by atoms with Gasteiger partial charge in [-0.15, -0.1) is 0 Å². The van der Waals surface area contributed by atoms with Gasteiger partial charge in [-0.1, -0.05) is 17.3 Å². The van der Waals surface area contributed by atoms with E-state index in [0.29, 0.717) is 23.4 Å². The molecule has 2 aromatic rings. The molecule has 132 valence electrons. The minimum atomic E-state index is -0.253. The van der Waals surface area contributed by atoms with Gasteiger partial charge >= 0.3 is 0 Å². The van der Waals surface area contributed by atoms with Crippen molar-refractivity contribution in [1.82, 2.24) is 10.5 Å². The zero-order valence-electron chi connectivity index (χ0n) is 14.7. The molecule has 1 N–H and O–H groups in total. The predicted octanol–water partition coefficient (Wildman–Crippen LogP) is 4.85. The zero-order valence-corrected chi connectivity index (χ0v) is 14.7. The van der Waals surface area contributed by atoms with Crippen molar-refractivity contribution in [1.29, 1.82) is 0 Å². The maximum atomic E-state index is 14.1. The fourth-order valence-corrected chi connectivity index (χ4v) is 6.06. The molecule has 0 aliphatic heterocycles. The molecule has 4 saturated carbocycles. The van der Waals surface area contributed by atoms with Gasteiger partial charge < -0.3 is 9.84 Å². The molecule has 0 amide bonds. The van der Waals surface area contributed by atoms with Gasteiger partial charge in [0.05, 0.1) is 11.3 Å². The molecule has 0 unspecified atom stereocenters. The Morgan fingerprint density at radius 3 is 2.48 bits per heavy atom. The third-order valence-electron chi connectivity index (χ3n) is 6.71. The molecule has 4 heteroatoms. The van der Waals surface area contributed by atoms with Gasteiger partial charge in [0.15, 0.2) is 5.76 Å². The fraction of sp³-hybridized carbons (Fsp3) is 0.571. The van der Waals surface area contributed by atoms with Crippen molar-refractivity contribution in [2.75, 3.05) is 0 Å². The van der Waals surface area contributed by atoms with E-state index >= 15 is 0 Å². The maximum Gasteiger partial charge on any atom is 0.170 e. The number of hydrogen-bond donors (Lipinski definition) is 1. The van der Waals surface area contributed by atoms with Crippen molar-refractivity contribution >= 4 is 0 Å². The highest BCUT2D eigenvalue weighted by Gasteiger charge is 2.50. The molecule has 0 spiro atoms. The number of halogens is 1. The highest BCUT2D eigenvalue weighted by molar-refractivity contribution is 5.62. The number of benzene rings is 1. The van der Waals surface area contributed by atoms with Gasteiger partial charge in [0.2, 0.25) is 0 Å². The monoisotopic (exact) mass is 340 g/mol. The molecule has 4 aliphatic rings. The normalized spacial score (nSPS) is 33.1. The summed E-state index contributed by atoms with van der Waals surface area (Å²) < 4.78 is 19.6. The topological polar surface area (TPSA) is 38.1 Å². The predicted molar refractivity (Wildman–Crippen MR) is 94.4 cm³/mol. The lowest BCUT2D eigenvalue weighted by molar-refractivity contribution is -0.0208. The van der Waals surface area contributed by atoms with Crippen LogP contribution in [0.3, 0.4) is 0 Å². The second-order valence-corrected chi connectivity index (χ2v) is 8.67. The summed E-state index contributed by atoms with van der Waals surface area (Å²) in [6.07, 6.45) is 8.28. The number of aryl methyl sites for hydroxylation is 1. The number of hydrogen-bond acceptors (Lipinski definition) is 3.